The summed E-state index contributed by atoms with van der Waals surface area (Å²) in [7, 11) is 0. The molecule has 0 aromatic carbocycles. The van der Waals surface area contributed by atoms with Crippen molar-refractivity contribution in [2.75, 3.05) is 19.6 Å². The Bertz CT molecular complexity index is 293. The van der Waals surface area contributed by atoms with E-state index in [9.17, 15) is 4.79 Å². The lowest BCUT2D eigenvalue weighted by Gasteiger charge is -2.28. The van der Waals surface area contributed by atoms with Gasteiger partial charge in [0.25, 0.3) is 0 Å². The Labute approximate surface area is 117 Å². The minimum absolute atomic E-state index is 0.272. The molecule has 2 fully saturated rings. The standard InChI is InChI=1S/C16H30N2O/c1-3-6-16(7-8-16)12-18-15(19)11-13(2)14-4-9-17-10-5-14/h13-14,17H,3-12H2,1-2H3,(H,18,19). The summed E-state index contributed by atoms with van der Waals surface area (Å²) in [5.74, 6) is 1.54. The van der Waals surface area contributed by atoms with Crippen LogP contribution in [0.1, 0.15) is 58.8 Å². The van der Waals surface area contributed by atoms with E-state index >= 15 is 0 Å². The van der Waals surface area contributed by atoms with E-state index in [1.807, 2.05) is 0 Å². The maximum absolute atomic E-state index is 12.0. The van der Waals surface area contributed by atoms with Gasteiger partial charge >= 0.3 is 0 Å². The molecule has 1 aliphatic heterocycles. The molecule has 0 bridgehead atoms. The number of hydrogen-bond acceptors (Lipinski definition) is 2. The zero-order chi connectivity index (χ0) is 13.7. The highest BCUT2D eigenvalue weighted by molar-refractivity contribution is 5.76. The molecule has 19 heavy (non-hydrogen) atoms. The first-order chi connectivity index (χ1) is 9.15. The molecule has 0 spiro atoms. The molecule has 2 N–H and O–H groups in total. The van der Waals surface area contributed by atoms with Crippen LogP contribution in [0.3, 0.4) is 0 Å². The van der Waals surface area contributed by atoms with Gasteiger partial charge in [-0.05, 0) is 62.4 Å². The molecule has 0 aromatic rings. The number of nitrogens with one attached hydrogen (secondary N) is 2. The summed E-state index contributed by atoms with van der Waals surface area (Å²) >= 11 is 0. The highest BCUT2D eigenvalue weighted by Crippen LogP contribution is 2.48. The fourth-order valence-electron chi connectivity index (χ4n) is 3.45. The first kappa shape index (κ1) is 14.8. The van der Waals surface area contributed by atoms with Gasteiger partial charge in [0.1, 0.15) is 0 Å². The molecule has 110 valence electrons. The number of carbonyl (C=O) groups is 1. The number of hydrogen-bond donors (Lipinski definition) is 2. The van der Waals surface area contributed by atoms with Crippen molar-refractivity contribution in [2.45, 2.75) is 58.8 Å². The van der Waals surface area contributed by atoms with Gasteiger partial charge in [0.2, 0.25) is 5.91 Å². The molecule has 1 heterocycles. The fraction of sp³-hybridized carbons (Fsp3) is 0.938. The van der Waals surface area contributed by atoms with Crippen LogP contribution in [-0.2, 0) is 4.79 Å². The van der Waals surface area contributed by atoms with Crippen LogP contribution >= 0.6 is 0 Å². The minimum Gasteiger partial charge on any atom is -0.356 e. The van der Waals surface area contributed by atoms with E-state index in [-0.39, 0.29) is 5.91 Å². The highest BCUT2D eigenvalue weighted by atomic mass is 16.1. The van der Waals surface area contributed by atoms with Crippen molar-refractivity contribution in [1.82, 2.24) is 10.6 Å². The van der Waals surface area contributed by atoms with Crippen LogP contribution < -0.4 is 10.6 Å². The quantitative estimate of drug-likeness (QED) is 0.744. The molecule has 1 amide bonds. The molecule has 0 radical (unpaired) electrons. The third-order valence-corrected chi connectivity index (χ3v) is 5.09. The van der Waals surface area contributed by atoms with Gasteiger partial charge in [-0.2, -0.15) is 0 Å². The van der Waals surface area contributed by atoms with Gasteiger partial charge in [0.15, 0.2) is 0 Å². The summed E-state index contributed by atoms with van der Waals surface area (Å²) < 4.78 is 0. The maximum atomic E-state index is 12.0. The highest BCUT2D eigenvalue weighted by Gasteiger charge is 2.41. The van der Waals surface area contributed by atoms with E-state index in [1.54, 1.807) is 0 Å². The van der Waals surface area contributed by atoms with Gasteiger partial charge in [-0.25, -0.2) is 0 Å². The Kier molecular flexibility index (Phi) is 5.26. The lowest BCUT2D eigenvalue weighted by molar-refractivity contribution is -0.122. The third-order valence-electron chi connectivity index (χ3n) is 5.09. The van der Waals surface area contributed by atoms with Gasteiger partial charge in [-0.1, -0.05) is 20.3 Å². The van der Waals surface area contributed by atoms with Crippen molar-refractivity contribution in [3.8, 4) is 0 Å². The second-order valence-electron chi connectivity index (χ2n) is 6.80. The molecule has 1 saturated carbocycles. The Balaban J connectivity index is 1.66. The van der Waals surface area contributed by atoms with Gasteiger partial charge < -0.3 is 10.6 Å². The molecule has 3 nitrogen and oxygen atoms in total. The fourth-order valence-corrected chi connectivity index (χ4v) is 3.45. The van der Waals surface area contributed by atoms with Gasteiger partial charge in [0.05, 0.1) is 0 Å². The Morgan fingerprint density at radius 3 is 2.63 bits per heavy atom. The number of rotatable bonds is 7. The molecular formula is C16H30N2O. The number of carbonyl (C=O) groups excluding carboxylic acids is 1. The van der Waals surface area contributed by atoms with Gasteiger partial charge in [-0.15, -0.1) is 0 Å². The molecule has 3 heteroatoms. The van der Waals surface area contributed by atoms with Crippen molar-refractivity contribution in [1.29, 1.82) is 0 Å². The molecular weight excluding hydrogens is 236 g/mol. The van der Waals surface area contributed by atoms with Gasteiger partial charge in [0, 0.05) is 13.0 Å². The largest absolute Gasteiger partial charge is 0.356 e. The van der Waals surface area contributed by atoms with Crippen LogP contribution in [0, 0.1) is 17.3 Å². The van der Waals surface area contributed by atoms with Crippen LogP contribution in [0.2, 0.25) is 0 Å². The normalized spacial score (nSPS) is 23.9. The van der Waals surface area contributed by atoms with E-state index in [4.69, 9.17) is 0 Å². The predicted molar refractivity (Wildman–Crippen MR) is 79.0 cm³/mol. The van der Waals surface area contributed by atoms with E-state index < -0.39 is 0 Å². The molecule has 1 unspecified atom stereocenters. The average Bonchev–Trinajstić information content (AvgIpc) is 3.18. The Hall–Kier alpha value is -0.570. The Morgan fingerprint density at radius 2 is 2.05 bits per heavy atom. The summed E-state index contributed by atoms with van der Waals surface area (Å²) in [5.41, 5.74) is 0.475. The molecule has 1 saturated heterocycles. The van der Waals surface area contributed by atoms with Crippen LogP contribution in [0.25, 0.3) is 0 Å². The van der Waals surface area contributed by atoms with Crippen molar-refractivity contribution in [2.24, 2.45) is 17.3 Å². The van der Waals surface area contributed by atoms with Crippen LogP contribution in [0.15, 0.2) is 0 Å². The first-order valence-corrected chi connectivity index (χ1v) is 8.13. The number of piperidine rings is 1. The smallest absolute Gasteiger partial charge is 0.220 e. The predicted octanol–water partition coefficient (Wildman–Crippen LogP) is 2.71. The lowest BCUT2D eigenvalue weighted by Crippen LogP contribution is -2.35. The van der Waals surface area contributed by atoms with Crippen LogP contribution in [-0.4, -0.2) is 25.5 Å². The van der Waals surface area contributed by atoms with Crippen molar-refractivity contribution >= 4 is 5.91 Å². The second kappa shape index (κ2) is 6.74. The van der Waals surface area contributed by atoms with Crippen molar-refractivity contribution in [3.05, 3.63) is 0 Å². The average molecular weight is 266 g/mol. The molecule has 0 aromatic heterocycles. The number of amides is 1. The summed E-state index contributed by atoms with van der Waals surface area (Å²) in [6.07, 6.45) is 8.31. The summed E-state index contributed by atoms with van der Waals surface area (Å²) in [6.45, 7) is 7.64. The summed E-state index contributed by atoms with van der Waals surface area (Å²) in [5, 5.41) is 6.58. The third kappa shape index (κ3) is 4.48. The summed E-state index contributed by atoms with van der Waals surface area (Å²) in [4.78, 5) is 12.0. The van der Waals surface area contributed by atoms with Crippen LogP contribution in [0.4, 0.5) is 0 Å². The zero-order valence-electron chi connectivity index (χ0n) is 12.6. The first-order valence-electron chi connectivity index (χ1n) is 8.13. The zero-order valence-corrected chi connectivity index (χ0v) is 12.6. The van der Waals surface area contributed by atoms with E-state index in [0.717, 1.165) is 25.6 Å². The summed E-state index contributed by atoms with van der Waals surface area (Å²) in [6, 6.07) is 0. The SMILES string of the molecule is CCCC1(CNC(=O)CC(C)C2CCNCC2)CC1. The molecule has 2 rings (SSSR count). The Morgan fingerprint density at radius 1 is 1.37 bits per heavy atom. The molecule has 2 aliphatic rings. The monoisotopic (exact) mass is 266 g/mol. The van der Waals surface area contributed by atoms with Crippen molar-refractivity contribution in [3.63, 3.8) is 0 Å². The van der Waals surface area contributed by atoms with Gasteiger partial charge in [-0.3, -0.25) is 4.79 Å². The van der Waals surface area contributed by atoms with E-state index in [2.05, 4.69) is 24.5 Å². The lowest BCUT2D eigenvalue weighted by atomic mass is 9.84. The topological polar surface area (TPSA) is 41.1 Å². The second-order valence-corrected chi connectivity index (χ2v) is 6.80. The molecule has 1 aliphatic carbocycles. The molecule has 1 atom stereocenters. The van der Waals surface area contributed by atoms with E-state index in [1.165, 1.54) is 38.5 Å². The van der Waals surface area contributed by atoms with Crippen LogP contribution in [0.5, 0.6) is 0 Å². The van der Waals surface area contributed by atoms with E-state index in [0.29, 0.717) is 17.8 Å². The maximum Gasteiger partial charge on any atom is 0.220 e. The van der Waals surface area contributed by atoms with Crippen molar-refractivity contribution < 1.29 is 4.79 Å². The minimum atomic E-state index is 0.272.